The van der Waals surface area contributed by atoms with Gasteiger partial charge in [0.25, 0.3) is 0 Å². The molecule has 0 saturated carbocycles. The van der Waals surface area contributed by atoms with E-state index in [0.29, 0.717) is 6.61 Å². The topological polar surface area (TPSA) is 35.2 Å². The van der Waals surface area contributed by atoms with Gasteiger partial charge in [-0.2, -0.15) is 0 Å². The molecule has 0 saturated heterocycles. The van der Waals surface area contributed by atoms with E-state index in [2.05, 4.69) is 24.3 Å². The molecule has 1 unspecified atom stereocenters. The Labute approximate surface area is 89.7 Å². The van der Waals surface area contributed by atoms with Crippen LogP contribution >= 0.6 is 0 Å². The van der Waals surface area contributed by atoms with E-state index in [9.17, 15) is 0 Å². The maximum atomic E-state index is 5.87. The van der Waals surface area contributed by atoms with E-state index in [0.717, 1.165) is 5.56 Å². The number of ether oxygens (including phenoxy) is 1. The number of benzene rings is 2. The van der Waals surface area contributed by atoms with Gasteiger partial charge >= 0.3 is 0 Å². The van der Waals surface area contributed by atoms with Crippen molar-refractivity contribution in [1.29, 1.82) is 0 Å². The van der Waals surface area contributed by atoms with E-state index in [-0.39, 0.29) is 6.23 Å². The fraction of sp³-hybridized carbons (Fsp3) is 0.231. The second kappa shape index (κ2) is 4.43. The fourth-order valence-electron chi connectivity index (χ4n) is 1.66. The summed E-state index contributed by atoms with van der Waals surface area (Å²) in [4.78, 5) is 0. The molecule has 78 valence electrons. The van der Waals surface area contributed by atoms with Gasteiger partial charge in [0.05, 0.1) is 0 Å². The number of hydrogen-bond acceptors (Lipinski definition) is 2. The Kier molecular flexibility index (Phi) is 2.99. The Morgan fingerprint density at radius 3 is 2.60 bits per heavy atom. The zero-order valence-corrected chi connectivity index (χ0v) is 8.81. The van der Waals surface area contributed by atoms with Crippen LogP contribution in [0.5, 0.6) is 0 Å². The summed E-state index contributed by atoms with van der Waals surface area (Å²) < 4.78 is 5.35. The molecule has 0 heterocycles. The highest BCUT2D eigenvalue weighted by molar-refractivity contribution is 5.83. The van der Waals surface area contributed by atoms with Crippen molar-refractivity contribution in [3.63, 3.8) is 0 Å². The molecule has 0 spiro atoms. The molecule has 0 bridgehead atoms. The Hall–Kier alpha value is -1.38. The number of nitrogens with two attached hydrogens (primary N) is 1. The van der Waals surface area contributed by atoms with Crippen molar-refractivity contribution in [2.45, 2.75) is 13.2 Å². The van der Waals surface area contributed by atoms with E-state index in [4.69, 9.17) is 10.5 Å². The second-order valence-corrected chi connectivity index (χ2v) is 3.48. The predicted molar refractivity (Wildman–Crippen MR) is 62.5 cm³/mol. The minimum Gasteiger partial charge on any atom is -0.360 e. The summed E-state index contributed by atoms with van der Waals surface area (Å²) in [6.07, 6.45) is -0.320. The minimum atomic E-state index is -0.320. The van der Waals surface area contributed by atoms with Crippen LogP contribution in [0.2, 0.25) is 0 Å². The van der Waals surface area contributed by atoms with Crippen LogP contribution in [0.25, 0.3) is 10.8 Å². The molecule has 2 rings (SSSR count). The van der Waals surface area contributed by atoms with Crippen molar-refractivity contribution in [2.24, 2.45) is 5.73 Å². The van der Waals surface area contributed by atoms with Crippen LogP contribution in [-0.4, -0.2) is 6.61 Å². The van der Waals surface area contributed by atoms with Gasteiger partial charge < -0.3 is 10.5 Å². The van der Waals surface area contributed by atoms with E-state index >= 15 is 0 Å². The van der Waals surface area contributed by atoms with Crippen LogP contribution in [0.4, 0.5) is 0 Å². The van der Waals surface area contributed by atoms with E-state index < -0.39 is 0 Å². The zero-order chi connectivity index (χ0) is 10.7. The SMILES string of the molecule is CCOC(N)c1ccc2ccccc2c1. The molecule has 0 aliphatic carbocycles. The summed E-state index contributed by atoms with van der Waals surface area (Å²) in [6, 6.07) is 14.4. The van der Waals surface area contributed by atoms with Crippen molar-refractivity contribution >= 4 is 10.8 Å². The Bertz CT molecular complexity index is 453. The molecule has 0 aliphatic heterocycles. The van der Waals surface area contributed by atoms with Crippen molar-refractivity contribution in [3.8, 4) is 0 Å². The number of fused-ring (bicyclic) bond motifs is 1. The lowest BCUT2D eigenvalue weighted by Crippen LogP contribution is -2.13. The summed E-state index contributed by atoms with van der Waals surface area (Å²) in [7, 11) is 0. The Morgan fingerprint density at radius 2 is 1.87 bits per heavy atom. The maximum absolute atomic E-state index is 5.87. The van der Waals surface area contributed by atoms with Gasteiger partial charge in [0, 0.05) is 6.61 Å². The molecule has 1 atom stereocenters. The molecule has 0 fully saturated rings. The summed E-state index contributed by atoms with van der Waals surface area (Å²) in [6.45, 7) is 2.58. The maximum Gasteiger partial charge on any atom is 0.131 e. The first-order chi connectivity index (χ1) is 7.31. The van der Waals surface area contributed by atoms with Crippen LogP contribution in [0, 0.1) is 0 Å². The van der Waals surface area contributed by atoms with Gasteiger partial charge in [-0.25, -0.2) is 0 Å². The third-order valence-electron chi connectivity index (χ3n) is 2.45. The third kappa shape index (κ3) is 2.17. The van der Waals surface area contributed by atoms with Crippen LogP contribution in [0.3, 0.4) is 0 Å². The summed E-state index contributed by atoms with van der Waals surface area (Å²) in [5.74, 6) is 0. The summed E-state index contributed by atoms with van der Waals surface area (Å²) >= 11 is 0. The molecule has 2 nitrogen and oxygen atoms in total. The first-order valence-electron chi connectivity index (χ1n) is 5.17. The highest BCUT2D eigenvalue weighted by atomic mass is 16.5. The van der Waals surface area contributed by atoms with E-state index in [1.54, 1.807) is 0 Å². The van der Waals surface area contributed by atoms with Gasteiger partial charge in [0.15, 0.2) is 0 Å². The molecule has 15 heavy (non-hydrogen) atoms. The summed E-state index contributed by atoms with van der Waals surface area (Å²) in [5, 5.41) is 2.43. The van der Waals surface area contributed by atoms with Gasteiger partial charge in [-0.1, -0.05) is 36.4 Å². The lowest BCUT2D eigenvalue weighted by atomic mass is 10.1. The van der Waals surface area contributed by atoms with Crippen molar-refractivity contribution in [1.82, 2.24) is 0 Å². The number of rotatable bonds is 3. The van der Waals surface area contributed by atoms with Crippen LogP contribution in [0.15, 0.2) is 42.5 Å². The quantitative estimate of drug-likeness (QED) is 0.775. The lowest BCUT2D eigenvalue weighted by molar-refractivity contribution is 0.0675. The molecule has 0 radical (unpaired) electrons. The minimum absolute atomic E-state index is 0.320. The van der Waals surface area contributed by atoms with Gasteiger partial charge in [0.1, 0.15) is 6.23 Å². The van der Waals surface area contributed by atoms with Crippen LogP contribution in [-0.2, 0) is 4.74 Å². The van der Waals surface area contributed by atoms with Gasteiger partial charge in [-0.05, 0) is 29.3 Å². The lowest BCUT2D eigenvalue weighted by Gasteiger charge is -2.12. The van der Waals surface area contributed by atoms with Gasteiger partial charge in [-0.3, -0.25) is 0 Å². The van der Waals surface area contributed by atoms with Crippen molar-refractivity contribution in [3.05, 3.63) is 48.0 Å². The average molecular weight is 201 g/mol. The molecule has 0 amide bonds. The monoisotopic (exact) mass is 201 g/mol. The smallest absolute Gasteiger partial charge is 0.131 e. The summed E-state index contributed by atoms with van der Waals surface area (Å²) in [5.41, 5.74) is 6.90. The highest BCUT2D eigenvalue weighted by Crippen LogP contribution is 2.19. The molecule has 2 heteroatoms. The molecule has 2 N–H and O–H groups in total. The van der Waals surface area contributed by atoms with Crippen molar-refractivity contribution < 1.29 is 4.74 Å². The first kappa shape index (κ1) is 10.1. The zero-order valence-electron chi connectivity index (χ0n) is 8.81. The Morgan fingerprint density at radius 1 is 1.13 bits per heavy atom. The second-order valence-electron chi connectivity index (χ2n) is 3.48. The molecular weight excluding hydrogens is 186 g/mol. The van der Waals surface area contributed by atoms with E-state index in [1.165, 1.54) is 10.8 Å². The number of hydrogen-bond donors (Lipinski definition) is 1. The largest absolute Gasteiger partial charge is 0.360 e. The standard InChI is InChI=1S/C13H15NO/c1-2-15-13(14)12-8-7-10-5-3-4-6-11(10)9-12/h3-9,13H,2,14H2,1H3. The molecule has 0 aromatic heterocycles. The molecule has 2 aromatic rings. The third-order valence-corrected chi connectivity index (χ3v) is 2.45. The molecular formula is C13H15NO. The van der Waals surface area contributed by atoms with Gasteiger partial charge in [0.2, 0.25) is 0 Å². The highest BCUT2D eigenvalue weighted by Gasteiger charge is 2.05. The van der Waals surface area contributed by atoms with Crippen LogP contribution < -0.4 is 5.73 Å². The van der Waals surface area contributed by atoms with Crippen LogP contribution in [0.1, 0.15) is 18.7 Å². The molecule has 0 aliphatic rings. The fourth-order valence-corrected chi connectivity index (χ4v) is 1.66. The molecule has 2 aromatic carbocycles. The predicted octanol–water partition coefficient (Wildman–Crippen LogP) is 2.83. The average Bonchev–Trinajstić information content (AvgIpc) is 2.29. The van der Waals surface area contributed by atoms with Crippen molar-refractivity contribution in [2.75, 3.05) is 6.61 Å². The normalized spacial score (nSPS) is 12.9. The Balaban J connectivity index is 2.38. The van der Waals surface area contributed by atoms with Gasteiger partial charge in [-0.15, -0.1) is 0 Å². The van der Waals surface area contributed by atoms with E-state index in [1.807, 2.05) is 25.1 Å². The first-order valence-corrected chi connectivity index (χ1v) is 5.17.